The van der Waals surface area contributed by atoms with Crippen molar-refractivity contribution in [2.24, 2.45) is 0 Å². The zero-order valence-corrected chi connectivity index (χ0v) is 24.6. The van der Waals surface area contributed by atoms with Crippen LogP contribution in [-0.4, -0.2) is 23.4 Å². The third kappa shape index (κ3) is 5.84. The molecule has 0 radical (unpaired) electrons. The van der Waals surface area contributed by atoms with Gasteiger partial charge in [0, 0.05) is 16.8 Å². The molecule has 210 valence electrons. The summed E-state index contributed by atoms with van der Waals surface area (Å²) in [6.45, 7) is 12.9. The molecule has 1 atom stereocenters. The Kier molecular flexibility index (Phi) is 8.82. The lowest BCUT2D eigenvalue weighted by molar-refractivity contribution is -0.132. The number of carbonyl (C=O) groups excluding carboxylic acids is 2. The van der Waals surface area contributed by atoms with Crippen LogP contribution < -0.4 is 9.64 Å². The standard InChI is InChI=1S/C35H41NO4/c1-7-10-11-24-14-19-27(20-15-24)36-31(25-16-12-23(8-2)13-17-25)30(33(38)34(36)39)32(37)26-18-21-29(40-9-3)28(22-26)35(4,5)6/h12-22,31,37H,7-11H2,1-6H3/b32-30-. The van der Waals surface area contributed by atoms with E-state index >= 15 is 0 Å². The summed E-state index contributed by atoms with van der Waals surface area (Å²) in [5.41, 5.74) is 4.98. The molecule has 0 aromatic heterocycles. The van der Waals surface area contributed by atoms with Gasteiger partial charge in [-0.1, -0.05) is 77.4 Å². The van der Waals surface area contributed by atoms with Crippen molar-refractivity contribution in [1.29, 1.82) is 0 Å². The number of ether oxygens (including phenoxy) is 1. The van der Waals surface area contributed by atoms with Gasteiger partial charge in [0.25, 0.3) is 11.7 Å². The number of amides is 1. The second-order valence-electron chi connectivity index (χ2n) is 11.4. The van der Waals surface area contributed by atoms with Crippen molar-refractivity contribution in [2.45, 2.75) is 78.7 Å². The summed E-state index contributed by atoms with van der Waals surface area (Å²) < 4.78 is 5.86. The maximum absolute atomic E-state index is 13.6. The summed E-state index contributed by atoms with van der Waals surface area (Å²) in [7, 11) is 0. The summed E-state index contributed by atoms with van der Waals surface area (Å²) in [6, 6.07) is 20.5. The molecule has 1 aliphatic rings. The number of nitrogens with zero attached hydrogens (tertiary/aromatic N) is 1. The molecule has 1 heterocycles. The third-order valence-electron chi connectivity index (χ3n) is 7.54. The van der Waals surface area contributed by atoms with Gasteiger partial charge in [-0.3, -0.25) is 14.5 Å². The Balaban J connectivity index is 1.88. The smallest absolute Gasteiger partial charge is 0.300 e. The highest BCUT2D eigenvalue weighted by Crippen LogP contribution is 2.43. The van der Waals surface area contributed by atoms with Crippen LogP contribution in [0.2, 0.25) is 0 Å². The predicted octanol–water partition coefficient (Wildman–Crippen LogP) is 7.91. The number of Topliss-reactive ketones (excluding diaryl/α,β-unsaturated/α-hetero) is 1. The maximum atomic E-state index is 13.6. The molecule has 5 nitrogen and oxygen atoms in total. The van der Waals surface area contributed by atoms with Gasteiger partial charge in [0.15, 0.2) is 0 Å². The van der Waals surface area contributed by atoms with E-state index in [0.717, 1.165) is 48.1 Å². The van der Waals surface area contributed by atoms with Gasteiger partial charge in [0.2, 0.25) is 0 Å². The van der Waals surface area contributed by atoms with E-state index in [0.29, 0.717) is 17.9 Å². The monoisotopic (exact) mass is 539 g/mol. The fourth-order valence-electron chi connectivity index (χ4n) is 5.25. The molecule has 1 aliphatic heterocycles. The van der Waals surface area contributed by atoms with Crippen LogP contribution in [-0.2, 0) is 27.8 Å². The normalized spacial score (nSPS) is 16.9. The number of anilines is 1. The van der Waals surface area contributed by atoms with Gasteiger partial charge in [0.05, 0.1) is 18.2 Å². The molecule has 3 aromatic rings. The van der Waals surface area contributed by atoms with Crippen molar-refractivity contribution in [2.75, 3.05) is 11.5 Å². The number of hydrogen-bond acceptors (Lipinski definition) is 4. The number of aliphatic hydroxyl groups is 1. The highest BCUT2D eigenvalue weighted by Gasteiger charge is 2.47. The first-order valence-corrected chi connectivity index (χ1v) is 14.4. The van der Waals surface area contributed by atoms with E-state index < -0.39 is 17.7 Å². The summed E-state index contributed by atoms with van der Waals surface area (Å²) in [4.78, 5) is 28.8. The number of carbonyl (C=O) groups is 2. The minimum absolute atomic E-state index is 0.0910. The van der Waals surface area contributed by atoms with E-state index in [4.69, 9.17) is 4.74 Å². The second kappa shape index (κ2) is 12.1. The second-order valence-corrected chi connectivity index (χ2v) is 11.4. The molecular weight excluding hydrogens is 498 g/mol. The molecule has 0 bridgehead atoms. The molecule has 4 rings (SSSR count). The molecule has 5 heteroatoms. The number of rotatable bonds is 9. The summed E-state index contributed by atoms with van der Waals surface area (Å²) >= 11 is 0. The molecule has 3 aromatic carbocycles. The van der Waals surface area contributed by atoms with Crippen LogP contribution in [0.25, 0.3) is 5.76 Å². The van der Waals surface area contributed by atoms with Crippen molar-refractivity contribution in [3.63, 3.8) is 0 Å². The van der Waals surface area contributed by atoms with E-state index in [1.165, 1.54) is 10.5 Å². The van der Waals surface area contributed by atoms with E-state index in [-0.39, 0.29) is 16.7 Å². The van der Waals surface area contributed by atoms with E-state index in [1.807, 2.05) is 67.6 Å². The Morgan fingerprint density at radius 1 is 0.900 bits per heavy atom. The Morgan fingerprint density at radius 2 is 1.55 bits per heavy atom. The molecule has 0 aliphatic carbocycles. The van der Waals surface area contributed by atoms with Gasteiger partial charge >= 0.3 is 0 Å². The zero-order chi connectivity index (χ0) is 29.0. The average Bonchev–Trinajstić information content (AvgIpc) is 3.21. The van der Waals surface area contributed by atoms with Crippen LogP contribution in [0, 0.1) is 0 Å². The first kappa shape index (κ1) is 29.1. The van der Waals surface area contributed by atoms with E-state index in [9.17, 15) is 14.7 Å². The van der Waals surface area contributed by atoms with Crippen LogP contribution in [0.4, 0.5) is 5.69 Å². The van der Waals surface area contributed by atoms with E-state index in [1.54, 1.807) is 6.07 Å². The Labute approximate surface area is 238 Å². The number of benzene rings is 3. The molecular formula is C35H41NO4. The SMILES string of the molecule is CCCCc1ccc(N2C(=O)C(=O)/C(=C(\O)c3ccc(OCC)c(C(C)(C)C)c3)C2c2ccc(CC)cc2)cc1. The largest absolute Gasteiger partial charge is 0.507 e. The van der Waals surface area contributed by atoms with Crippen LogP contribution in [0.3, 0.4) is 0 Å². The molecule has 0 saturated carbocycles. The van der Waals surface area contributed by atoms with Crippen molar-refractivity contribution >= 4 is 23.1 Å². The molecule has 1 saturated heterocycles. The van der Waals surface area contributed by atoms with Crippen molar-refractivity contribution in [1.82, 2.24) is 0 Å². The number of hydrogen-bond donors (Lipinski definition) is 1. The quantitative estimate of drug-likeness (QED) is 0.170. The van der Waals surface area contributed by atoms with Gasteiger partial charge in [0.1, 0.15) is 11.5 Å². The maximum Gasteiger partial charge on any atom is 0.300 e. The lowest BCUT2D eigenvalue weighted by Gasteiger charge is -2.26. The minimum atomic E-state index is -0.753. The summed E-state index contributed by atoms with van der Waals surface area (Å²) in [5, 5.41) is 11.7. The Morgan fingerprint density at radius 3 is 2.12 bits per heavy atom. The Bertz CT molecular complexity index is 1390. The highest BCUT2D eigenvalue weighted by molar-refractivity contribution is 6.51. The van der Waals surface area contributed by atoms with Crippen molar-refractivity contribution < 1.29 is 19.4 Å². The van der Waals surface area contributed by atoms with Crippen molar-refractivity contribution in [3.05, 3.63) is 100 Å². The molecule has 40 heavy (non-hydrogen) atoms. The summed E-state index contributed by atoms with van der Waals surface area (Å²) in [5.74, 6) is -0.780. The van der Waals surface area contributed by atoms with Gasteiger partial charge < -0.3 is 9.84 Å². The lowest BCUT2D eigenvalue weighted by atomic mass is 9.84. The molecule has 1 N–H and O–H groups in total. The topological polar surface area (TPSA) is 66.8 Å². The van der Waals surface area contributed by atoms with Crippen LogP contribution in [0.1, 0.15) is 88.2 Å². The number of aryl methyl sites for hydroxylation is 2. The van der Waals surface area contributed by atoms with Crippen LogP contribution >= 0.6 is 0 Å². The molecule has 1 fully saturated rings. The van der Waals surface area contributed by atoms with Gasteiger partial charge in [-0.2, -0.15) is 0 Å². The van der Waals surface area contributed by atoms with Crippen LogP contribution in [0.5, 0.6) is 5.75 Å². The minimum Gasteiger partial charge on any atom is -0.507 e. The third-order valence-corrected chi connectivity index (χ3v) is 7.54. The summed E-state index contributed by atoms with van der Waals surface area (Å²) in [6.07, 6.45) is 4.03. The number of aliphatic hydroxyl groups excluding tert-OH is 1. The van der Waals surface area contributed by atoms with E-state index in [2.05, 4.69) is 34.6 Å². The zero-order valence-electron chi connectivity index (χ0n) is 24.6. The van der Waals surface area contributed by atoms with Gasteiger partial charge in [-0.05, 0) is 78.6 Å². The number of ketones is 1. The Hall–Kier alpha value is -3.86. The van der Waals surface area contributed by atoms with Gasteiger partial charge in [-0.25, -0.2) is 0 Å². The average molecular weight is 540 g/mol. The number of unbranched alkanes of at least 4 members (excludes halogenated alkanes) is 1. The first-order valence-electron chi connectivity index (χ1n) is 14.4. The highest BCUT2D eigenvalue weighted by atomic mass is 16.5. The fourth-order valence-corrected chi connectivity index (χ4v) is 5.25. The molecule has 0 spiro atoms. The predicted molar refractivity (Wildman–Crippen MR) is 162 cm³/mol. The first-order chi connectivity index (χ1) is 19.1. The fraction of sp³-hybridized carbons (Fsp3) is 0.371. The molecule has 1 amide bonds. The van der Waals surface area contributed by atoms with Crippen molar-refractivity contribution in [3.8, 4) is 5.75 Å². The van der Waals surface area contributed by atoms with Gasteiger partial charge in [-0.15, -0.1) is 0 Å². The molecule has 1 unspecified atom stereocenters. The van der Waals surface area contributed by atoms with Crippen LogP contribution in [0.15, 0.2) is 72.3 Å². The lowest BCUT2D eigenvalue weighted by Crippen LogP contribution is -2.29.